The number of carbonyl (C=O) groups excluding carboxylic acids is 1. The summed E-state index contributed by atoms with van der Waals surface area (Å²) in [5, 5.41) is 9.53. The van der Waals surface area contributed by atoms with Crippen LogP contribution in [0.25, 0.3) is 0 Å². The van der Waals surface area contributed by atoms with Crippen molar-refractivity contribution in [2.24, 2.45) is 0 Å². The van der Waals surface area contributed by atoms with E-state index in [0.717, 1.165) is 5.56 Å². The first-order valence-electron chi connectivity index (χ1n) is 16.2. The summed E-state index contributed by atoms with van der Waals surface area (Å²) >= 11 is 6.58. The van der Waals surface area contributed by atoms with Gasteiger partial charge in [0.15, 0.2) is 0 Å². The molecule has 15 heteroatoms. The van der Waals surface area contributed by atoms with Gasteiger partial charge in [-0.3, -0.25) is 14.6 Å². The van der Waals surface area contributed by atoms with E-state index in [0.29, 0.717) is 20.7 Å². The Morgan fingerprint density at radius 2 is 1.87 bits per heavy atom. The molecule has 0 aromatic heterocycles. The number of fused-ring (bicyclic) bond motifs is 1. The lowest BCUT2D eigenvalue weighted by atomic mass is 9.82. The molecule has 1 heterocycles. The summed E-state index contributed by atoms with van der Waals surface area (Å²) in [6.07, 6.45) is 10.3. The molecule has 1 N–H and O–H groups in total. The van der Waals surface area contributed by atoms with E-state index in [1.807, 2.05) is 48.8 Å². The molecule has 1 aliphatic heterocycles. The molecule has 5 unspecified atom stereocenters. The Labute approximate surface area is 315 Å². The molecule has 0 radical (unpaired) electrons. The second-order valence-corrected chi connectivity index (χ2v) is 16.9. The molecule has 1 saturated heterocycles. The Morgan fingerprint density at radius 1 is 1.17 bits per heavy atom. The van der Waals surface area contributed by atoms with Gasteiger partial charge in [0.2, 0.25) is 0 Å². The molecule has 10 nitrogen and oxygen atoms in total. The number of benzene rings is 2. The van der Waals surface area contributed by atoms with Crippen LogP contribution in [0.4, 0.5) is 4.39 Å². The molecule has 1 amide bonds. The molecule has 4 rings (SSSR count). The minimum atomic E-state index is -4.87. The van der Waals surface area contributed by atoms with E-state index in [4.69, 9.17) is 25.8 Å². The number of nitrogens with zero attached hydrogens (tertiary/aromatic N) is 3. The van der Waals surface area contributed by atoms with Crippen molar-refractivity contribution in [2.75, 3.05) is 28.3 Å². The number of rotatable bonds is 16. The summed E-state index contributed by atoms with van der Waals surface area (Å²) in [5.41, 5.74) is -0.675. The summed E-state index contributed by atoms with van der Waals surface area (Å²) in [6.45, 7) is 5.60. The highest BCUT2D eigenvalue weighted by atomic mass is 35.5. The summed E-state index contributed by atoms with van der Waals surface area (Å²) in [4.78, 5) is 18.6. The summed E-state index contributed by atoms with van der Waals surface area (Å²) < 4.78 is 62.3. The van der Waals surface area contributed by atoms with Gasteiger partial charge >= 0.3 is 0 Å². The van der Waals surface area contributed by atoms with Crippen LogP contribution in [-0.4, -0.2) is 85.0 Å². The number of carbonyl (C=O) groups is 1. The second kappa shape index (κ2) is 17.2. The predicted molar refractivity (Wildman–Crippen MR) is 209 cm³/mol. The average molecular weight is 792 g/mol. The fourth-order valence-corrected chi connectivity index (χ4v) is 8.21. The molecule has 0 saturated carbocycles. The quantitative estimate of drug-likeness (QED) is 0.0890. The van der Waals surface area contributed by atoms with Gasteiger partial charge < -0.3 is 19.3 Å². The number of hydrogen-bond acceptors (Lipinski definition) is 9. The number of likely N-dealkylation sites (N-methyl/N-ethyl adjacent to an activating group) is 1. The maximum Gasteiger partial charge on any atom is 0.274 e. The SMILES string of the molecule is C=C/C=C\C=C(/CC1(N(Cc2ccccc2)C(C)C(O)N(C)C)C(=O)N(S(=O)(=O)c2ccc(OC)cc2OC(F)(P)P)C2=CC=C(Cl)CC=C21)OC. The molecule has 1 fully saturated rings. The summed E-state index contributed by atoms with van der Waals surface area (Å²) in [6, 6.07) is 12.4. The lowest BCUT2D eigenvalue weighted by Crippen LogP contribution is -2.62. The number of amides is 1. The molecule has 52 heavy (non-hydrogen) atoms. The van der Waals surface area contributed by atoms with Crippen LogP contribution in [0.2, 0.25) is 0 Å². The van der Waals surface area contributed by atoms with Gasteiger partial charge in [-0.1, -0.05) is 72.8 Å². The Kier molecular flexibility index (Phi) is 13.7. The number of ether oxygens (including phenoxy) is 3. The van der Waals surface area contributed by atoms with Gasteiger partial charge in [0.05, 0.1) is 25.7 Å². The number of hydrogen-bond donors (Lipinski definition) is 1. The van der Waals surface area contributed by atoms with Gasteiger partial charge in [0, 0.05) is 42.1 Å². The first kappa shape index (κ1) is 41.4. The number of halogens is 2. The largest absolute Gasteiger partial charge is 0.501 e. The zero-order chi connectivity index (χ0) is 38.4. The van der Waals surface area contributed by atoms with Gasteiger partial charge in [-0.2, -0.15) is 4.39 Å². The topological polar surface area (TPSA) is 109 Å². The van der Waals surface area contributed by atoms with Crippen LogP contribution < -0.4 is 9.47 Å². The van der Waals surface area contributed by atoms with Crippen molar-refractivity contribution in [1.29, 1.82) is 0 Å². The number of aliphatic hydroxyl groups is 1. The molecule has 2 aromatic rings. The Balaban J connectivity index is 2.12. The number of methoxy groups -OCH3 is 2. The highest BCUT2D eigenvalue weighted by molar-refractivity contribution is 7.90. The van der Waals surface area contributed by atoms with Crippen molar-refractivity contribution in [3.63, 3.8) is 0 Å². The lowest BCUT2D eigenvalue weighted by molar-refractivity contribution is -0.139. The minimum absolute atomic E-state index is 0.0207. The number of alkyl halides is 1. The first-order valence-corrected chi connectivity index (χ1v) is 19.2. The summed E-state index contributed by atoms with van der Waals surface area (Å²) in [7, 11) is 5.03. The molecule has 2 aliphatic rings. The third-order valence-electron chi connectivity index (χ3n) is 8.70. The van der Waals surface area contributed by atoms with E-state index >= 15 is 13.2 Å². The van der Waals surface area contributed by atoms with Crippen molar-refractivity contribution in [3.8, 4) is 11.5 Å². The van der Waals surface area contributed by atoms with Crippen LogP contribution in [0.3, 0.4) is 0 Å². The van der Waals surface area contributed by atoms with Crippen molar-refractivity contribution in [2.45, 2.75) is 54.4 Å². The van der Waals surface area contributed by atoms with Gasteiger partial charge in [-0.15, -0.1) is 0 Å². The lowest BCUT2D eigenvalue weighted by Gasteiger charge is -2.46. The standard InChI is InChI=1S/C37H45ClFN3O7P2S/c1-7-8-10-15-29(48-6)23-36(41(25(2)34(43)40(3)4)24-26-13-11-9-12-14-26)30-19-16-27(38)17-20-31(30)42(35(36)44)52(45,46)33-21-18-28(47-5)22-32(33)49-37(39,50)51/h7-15,17-22,25,34,43H,1,16,23-24,50-51H2,2-6H3/b10-8-,29-15+. The fraction of sp³-hybridized carbons (Fsp3) is 0.324. The third-order valence-corrected chi connectivity index (χ3v) is 10.9. The first-order chi connectivity index (χ1) is 24.5. The molecular weight excluding hydrogens is 747 g/mol. The van der Waals surface area contributed by atoms with E-state index in [9.17, 15) is 9.50 Å². The molecule has 0 spiro atoms. The fourth-order valence-electron chi connectivity index (χ4n) is 6.24. The molecular formula is C37H45ClFN3O7P2S. The third kappa shape index (κ3) is 8.88. The van der Waals surface area contributed by atoms with Crippen LogP contribution in [0.1, 0.15) is 25.3 Å². The Bertz CT molecular complexity index is 1910. The van der Waals surface area contributed by atoms with Crippen molar-refractivity contribution >= 4 is 46.0 Å². The smallest absolute Gasteiger partial charge is 0.274 e. The van der Waals surface area contributed by atoms with Gasteiger partial charge in [0.25, 0.3) is 21.3 Å². The van der Waals surface area contributed by atoms with Gasteiger partial charge in [-0.25, -0.2) is 12.7 Å². The maximum atomic E-state index is 15.6. The van der Waals surface area contributed by atoms with Crippen LogP contribution in [0.5, 0.6) is 11.5 Å². The zero-order valence-electron chi connectivity index (χ0n) is 29.7. The van der Waals surface area contributed by atoms with Crippen molar-refractivity contribution in [1.82, 2.24) is 14.1 Å². The van der Waals surface area contributed by atoms with E-state index in [-0.39, 0.29) is 30.8 Å². The molecule has 1 aliphatic carbocycles. The second-order valence-electron chi connectivity index (χ2n) is 12.4. The van der Waals surface area contributed by atoms with Crippen LogP contribution in [-0.2, 0) is 26.1 Å². The number of allylic oxidation sites excluding steroid dienone is 8. The van der Waals surface area contributed by atoms with Crippen molar-refractivity contribution in [3.05, 3.63) is 125 Å². The van der Waals surface area contributed by atoms with E-state index < -0.39 is 49.7 Å². The van der Waals surface area contributed by atoms with Gasteiger partial charge in [-0.05, 0) is 75.4 Å². The number of sulfonamides is 1. The van der Waals surface area contributed by atoms with Gasteiger partial charge in [0.1, 0.15) is 28.2 Å². The zero-order valence-corrected chi connectivity index (χ0v) is 33.6. The highest BCUT2D eigenvalue weighted by Crippen LogP contribution is 2.51. The molecule has 5 atom stereocenters. The predicted octanol–water partition coefficient (Wildman–Crippen LogP) is 6.44. The maximum absolute atomic E-state index is 15.6. The van der Waals surface area contributed by atoms with Crippen LogP contribution in [0, 0.1) is 0 Å². The van der Waals surface area contributed by atoms with Crippen molar-refractivity contribution < 1.29 is 36.9 Å². The molecule has 280 valence electrons. The van der Waals surface area contributed by atoms with E-state index in [1.54, 1.807) is 61.2 Å². The normalized spacial score (nSPS) is 19.5. The number of aliphatic hydroxyl groups excluding tert-OH is 1. The average Bonchev–Trinajstić information content (AvgIpc) is 3.18. The summed E-state index contributed by atoms with van der Waals surface area (Å²) in [5.74, 6) is -0.719. The van der Waals surface area contributed by atoms with E-state index in [2.05, 4.69) is 6.58 Å². The molecule has 0 bridgehead atoms. The Hall–Kier alpha value is -3.34. The minimum Gasteiger partial charge on any atom is -0.501 e. The molecule has 2 aromatic carbocycles. The Morgan fingerprint density at radius 3 is 2.46 bits per heavy atom. The van der Waals surface area contributed by atoms with Crippen LogP contribution >= 0.6 is 30.1 Å². The highest BCUT2D eigenvalue weighted by Gasteiger charge is 2.62. The monoisotopic (exact) mass is 791 g/mol. The van der Waals surface area contributed by atoms with Crippen LogP contribution in [0.15, 0.2) is 125 Å². The van der Waals surface area contributed by atoms with E-state index in [1.165, 1.54) is 44.6 Å².